The minimum Gasteiger partial charge on any atom is -0.396 e. The van der Waals surface area contributed by atoms with Gasteiger partial charge in [0.25, 0.3) is 0 Å². The largest absolute Gasteiger partial charge is 0.396 e. The number of anilines is 2. The first-order chi connectivity index (χ1) is 8.39. The third-order valence-electron chi connectivity index (χ3n) is 2.69. The van der Waals surface area contributed by atoms with Gasteiger partial charge >= 0.3 is 0 Å². The summed E-state index contributed by atoms with van der Waals surface area (Å²) in [7, 11) is 1.52. The Bertz CT molecular complexity index is 411. The highest BCUT2D eigenvalue weighted by Gasteiger charge is 2.18. The molecule has 1 rings (SSSR count). The normalized spacial score (nSPS) is 11.4. The van der Waals surface area contributed by atoms with E-state index in [0.717, 1.165) is 6.07 Å². The van der Waals surface area contributed by atoms with Crippen LogP contribution in [0.3, 0.4) is 0 Å². The molecule has 0 amide bonds. The third kappa shape index (κ3) is 3.80. The molecule has 0 radical (unpaired) electrons. The predicted molar refractivity (Wildman–Crippen MR) is 67.7 cm³/mol. The molecule has 0 saturated heterocycles. The second-order valence-corrected chi connectivity index (χ2v) is 4.89. The highest BCUT2D eigenvalue weighted by Crippen LogP contribution is 2.23. The van der Waals surface area contributed by atoms with Crippen molar-refractivity contribution in [1.82, 2.24) is 4.98 Å². The van der Waals surface area contributed by atoms with E-state index in [2.05, 4.69) is 15.6 Å². The third-order valence-corrected chi connectivity index (χ3v) is 2.69. The molecule has 3 N–H and O–H groups in total. The number of hydrogen-bond donors (Lipinski definition) is 3. The fraction of sp³-hybridized carbons (Fsp3) is 0.583. The van der Waals surface area contributed by atoms with Crippen LogP contribution in [0.15, 0.2) is 6.07 Å². The van der Waals surface area contributed by atoms with Crippen molar-refractivity contribution in [3.8, 4) is 0 Å². The lowest BCUT2D eigenvalue weighted by molar-refractivity contribution is 0.220. The van der Waals surface area contributed by atoms with Gasteiger partial charge in [-0.3, -0.25) is 0 Å². The van der Waals surface area contributed by atoms with Gasteiger partial charge in [0.15, 0.2) is 23.3 Å². The molecule has 4 nitrogen and oxygen atoms in total. The summed E-state index contributed by atoms with van der Waals surface area (Å²) in [6, 6.07) is 0.792. The number of rotatable bonds is 6. The van der Waals surface area contributed by atoms with Gasteiger partial charge in [-0.05, 0) is 11.8 Å². The molecule has 0 aromatic carbocycles. The van der Waals surface area contributed by atoms with Crippen LogP contribution < -0.4 is 10.6 Å². The quantitative estimate of drug-likeness (QED) is 0.733. The molecule has 0 atom stereocenters. The molecule has 0 spiro atoms. The van der Waals surface area contributed by atoms with E-state index in [1.807, 2.05) is 13.8 Å². The van der Waals surface area contributed by atoms with E-state index >= 15 is 0 Å². The molecule has 0 aliphatic carbocycles. The molecule has 1 aromatic rings. The topological polar surface area (TPSA) is 57.2 Å². The molecule has 102 valence electrons. The summed E-state index contributed by atoms with van der Waals surface area (Å²) in [4.78, 5) is 3.82. The van der Waals surface area contributed by atoms with E-state index in [0.29, 0.717) is 13.0 Å². The smallest absolute Gasteiger partial charge is 0.168 e. The zero-order chi connectivity index (χ0) is 13.8. The maximum Gasteiger partial charge on any atom is 0.168 e. The van der Waals surface area contributed by atoms with E-state index in [1.54, 1.807) is 0 Å². The van der Waals surface area contributed by atoms with Crippen LogP contribution >= 0.6 is 0 Å². The summed E-state index contributed by atoms with van der Waals surface area (Å²) < 4.78 is 26.7. The highest BCUT2D eigenvalue weighted by molar-refractivity contribution is 5.47. The standard InChI is InChI=1S/C12H19F2N3O/c1-12(2,4-5-18)7-16-11-9(14)6-8(13)10(15-3)17-11/h6,18H,4-5,7H2,1-3H3,(H2,15,16,17). The molecule has 0 fully saturated rings. The molecule has 1 aromatic heterocycles. The summed E-state index contributed by atoms with van der Waals surface area (Å²) in [5, 5.41) is 14.3. The van der Waals surface area contributed by atoms with Crippen LogP contribution in [0.5, 0.6) is 0 Å². The Morgan fingerprint density at radius 1 is 1.28 bits per heavy atom. The minimum atomic E-state index is -0.730. The Morgan fingerprint density at radius 2 is 1.89 bits per heavy atom. The van der Waals surface area contributed by atoms with Gasteiger partial charge in [-0.25, -0.2) is 13.8 Å². The van der Waals surface area contributed by atoms with Gasteiger partial charge in [0, 0.05) is 26.3 Å². The average molecular weight is 259 g/mol. The lowest BCUT2D eigenvalue weighted by atomic mass is 9.90. The van der Waals surface area contributed by atoms with Gasteiger partial charge in [-0.1, -0.05) is 13.8 Å². The Labute approximate surface area is 105 Å². The van der Waals surface area contributed by atoms with Crippen molar-refractivity contribution in [3.05, 3.63) is 17.7 Å². The summed E-state index contributed by atoms with van der Waals surface area (Å²) in [5.41, 5.74) is -0.197. The first-order valence-electron chi connectivity index (χ1n) is 5.78. The van der Waals surface area contributed by atoms with E-state index in [1.165, 1.54) is 7.05 Å². The van der Waals surface area contributed by atoms with Crippen LogP contribution in [0.25, 0.3) is 0 Å². The zero-order valence-corrected chi connectivity index (χ0v) is 10.8. The SMILES string of the molecule is CNc1nc(NCC(C)(C)CCO)c(F)cc1F. The second-order valence-electron chi connectivity index (χ2n) is 4.89. The number of aliphatic hydroxyl groups excluding tert-OH is 1. The molecule has 0 aliphatic heterocycles. The zero-order valence-electron chi connectivity index (χ0n) is 10.8. The molecule has 0 aliphatic rings. The average Bonchev–Trinajstić information content (AvgIpc) is 2.28. The van der Waals surface area contributed by atoms with Crippen molar-refractivity contribution in [2.75, 3.05) is 30.8 Å². The van der Waals surface area contributed by atoms with Crippen molar-refractivity contribution >= 4 is 11.6 Å². The van der Waals surface area contributed by atoms with Crippen LogP contribution in [0.1, 0.15) is 20.3 Å². The van der Waals surface area contributed by atoms with E-state index in [4.69, 9.17) is 5.11 Å². The van der Waals surface area contributed by atoms with Crippen molar-refractivity contribution in [3.63, 3.8) is 0 Å². The van der Waals surface area contributed by atoms with Gasteiger partial charge in [-0.15, -0.1) is 0 Å². The van der Waals surface area contributed by atoms with Crippen molar-refractivity contribution in [2.45, 2.75) is 20.3 Å². The number of aromatic nitrogens is 1. The van der Waals surface area contributed by atoms with Crippen LogP contribution in [-0.4, -0.2) is 30.3 Å². The van der Waals surface area contributed by atoms with E-state index in [9.17, 15) is 8.78 Å². The summed E-state index contributed by atoms with van der Waals surface area (Å²) in [6.07, 6.45) is 0.585. The maximum absolute atomic E-state index is 13.5. The molecule has 18 heavy (non-hydrogen) atoms. The molecular weight excluding hydrogens is 240 g/mol. The number of halogens is 2. The lowest BCUT2D eigenvalue weighted by Crippen LogP contribution is -2.25. The van der Waals surface area contributed by atoms with Gasteiger partial charge in [0.05, 0.1) is 0 Å². The molecule has 0 bridgehead atoms. The van der Waals surface area contributed by atoms with Crippen LogP contribution in [0.4, 0.5) is 20.4 Å². The summed E-state index contributed by atoms with van der Waals surface area (Å²) >= 11 is 0. The predicted octanol–water partition coefficient (Wildman–Crippen LogP) is 2.22. The van der Waals surface area contributed by atoms with E-state index < -0.39 is 11.6 Å². The lowest BCUT2D eigenvalue weighted by Gasteiger charge is -2.24. The Morgan fingerprint density at radius 3 is 2.44 bits per heavy atom. The Kier molecular flexibility index (Phi) is 4.84. The van der Waals surface area contributed by atoms with Crippen LogP contribution in [-0.2, 0) is 0 Å². The highest BCUT2D eigenvalue weighted by atomic mass is 19.1. The summed E-state index contributed by atoms with van der Waals surface area (Å²) in [6.45, 7) is 4.38. The second kappa shape index (κ2) is 5.95. The molecular formula is C12H19F2N3O. The molecule has 6 heteroatoms. The number of hydrogen-bond acceptors (Lipinski definition) is 4. The van der Waals surface area contributed by atoms with Crippen molar-refractivity contribution < 1.29 is 13.9 Å². The first-order valence-corrected chi connectivity index (χ1v) is 5.78. The minimum absolute atomic E-state index is 0.00105. The number of nitrogens with one attached hydrogen (secondary N) is 2. The van der Waals surface area contributed by atoms with Gasteiger partial charge in [0.2, 0.25) is 0 Å². The monoisotopic (exact) mass is 259 g/mol. The van der Waals surface area contributed by atoms with Gasteiger partial charge in [0.1, 0.15) is 0 Å². The fourth-order valence-corrected chi connectivity index (χ4v) is 1.48. The number of aliphatic hydroxyl groups is 1. The van der Waals surface area contributed by atoms with Crippen LogP contribution in [0, 0.1) is 17.0 Å². The van der Waals surface area contributed by atoms with Crippen LogP contribution in [0.2, 0.25) is 0 Å². The maximum atomic E-state index is 13.5. The van der Waals surface area contributed by atoms with Crippen molar-refractivity contribution in [1.29, 1.82) is 0 Å². The van der Waals surface area contributed by atoms with E-state index in [-0.39, 0.29) is 23.7 Å². The molecule has 0 unspecified atom stereocenters. The first kappa shape index (κ1) is 14.6. The number of pyridine rings is 1. The Hall–Kier alpha value is -1.43. The van der Waals surface area contributed by atoms with Crippen molar-refractivity contribution in [2.24, 2.45) is 5.41 Å². The Balaban J connectivity index is 2.79. The molecule has 1 heterocycles. The number of nitrogens with zero attached hydrogens (tertiary/aromatic N) is 1. The van der Waals surface area contributed by atoms with Gasteiger partial charge < -0.3 is 15.7 Å². The molecule has 0 saturated carbocycles. The fourth-order valence-electron chi connectivity index (χ4n) is 1.48. The van der Waals surface area contributed by atoms with Gasteiger partial charge in [-0.2, -0.15) is 0 Å². The summed E-state index contributed by atoms with van der Waals surface area (Å²) in [5.74, 6) is -1.45.